The zero-order valence-corrected chi connectivity index (χ0v) is 17.7. The lowest BCUT2D eigenvalue weighted by Crippen LogP contribution is -2.46. The fraction of sp³-hybridized carbons (Fsp3) is 0.682. The topological polar surface area (TPSA) is 59.3 Å². The molecule has 29 heavy (non-hydrogen) atoms. The van der Waals surface area contributed by atoms with Crippen molar-refractivity contribution in [1.29, 1.82) is 0 Å². The normalized spacial score (nSPS) is 20.5. The first-order chi connectivity index (χ1) is 14.2. The van der Waals surface area contributed by atoms with Crippen LogP contribution in [-0.4, -0.2) is 56.9 Å². The Labute approximate surface area is 173 Å². The highest BCUT2D eigenvalue weighted by Gasteiger charge is 2.37. The van der Waals surface area contributed by atoms with Gasteiger partial charge in [-0.2, -0.15) is 5.10 Å². The summed E-state index contributed by atoms with van der Waals surface area (Å²) >= 11 is 0. The summed E-state index contributed by atoms with van der Waals surface area (Å²) in [5.41, 5.74) is 4.33. The Kier molecular flexibility index (Phi) is 5.16. The van der Waals surface area contributed by atoms with Crippen LogP contribution >= 0.6 is 0 Å². The Hall–Kier alpha value is -2.15. The number of ether oxygens (including phenoxy) is 1. The van der Waals surface area contributed by atoms with Gasteiger partial charge in [0.25, 0.3) is 0 Å². The van der Waals surface area contributed by atoms with Gasteiger partial charge in [0.15, 0.2) is 0 Å². The van der Waals surface area contributed by atoms with Gasteiger partial charge in [0, 0.05) is 44.8 Å². The SMILES string of the molecule is COc1cc(N(C2CC2)C2CCN(Cc3c4c(nn3C)CCCC4)CC2)ncn1. The monoisotopic (exact) mass is 396 g/mol. The molecule has 3 aliphatic rings. The molecule has 1 saturated carbocycles. The van der Waals surface area contributed by atoms with Crippen LogP contribution < -0.4 is 9.64 Å². The molecule has 5 rings (SSSR count). The van der Waals surface area contributed by atoms with E-state index in [-0.39, 0.29) is 0 Å². The van der Waals surface area contributed by atoms with Crippen molar-refractivity contribution in [2.75, 3.05) is 25.1 Å². The fourth-order valence-corrected chi connectivity index (χ4v) is 5.12. The van der Waals surface area contributed by atoms with E-state index in [1.54, 1.807) is 13.4 Å². The molecule has 2 aliphatic carbocycles. The molecular weight excluding hydrogens is 364 g/mol. The van der Waals surface area contributed by atoms with Gasteiger partial charge in [0.05, 0.1) is 18.5 Å². The minimum absolute atomic E-state index is 0.554. The number of rotatable bonds is 6. The van der Waals surface area contributed by atoms with E-state index >= 15 is 0 Å². The molecule has 3 heterocycles. The van der Waals surface area contributed by atoms with E-state index in [0.29, 0.717) is 18.0 Å². The number of piperidine rings is 1. The van der Waals surface area contributed by atoms with E-state index in [2.05, 4.69) is 31.5 Å². The average Bonchev–Trinajstić information content (AvgIpc) is 3.54. The number of fused-ring (bicyclic) bond motifs is 1. The van der Waals surface area contributed by atoms with Gasteiger partial charge < -0.3 is 9.64 Å². The van der Waals surface area contributed by atoms with E-state index in [4.69, 9.17) is 9.84 Å². The van der Waals surface area contributed by atoms with E-state index in [1.165, 1.54) is 61.9 Å². The molecule has 0 unspecified atom stereocenters. The second-order valence-corrected chi connectivity index (χ2v) is 8.77. The summed E-state index contributed by atoms with van der Waals surface area (Å²) in [5.74, 6) is 1.68. The highest BCUT2D eigenvalue weighted by molar-refractivity contribution is 5.45. The van der Waals surface area contributed by atoms with Crippen LogP contribution in [0.25, 0.3) is 0 Å². The molecular formula is C22H32N6O. The molecule has 0 aromatic carbocycles. The minimum atomic E-state index is 0.554. The van der Waals surface area contributed by atoms with E-state index in [9.17, 15) is 0 Å². The number of methoxy groups -OCH3 is 1. The van der Waals surface area contributed by atoms with Gasteiger partial charge in [-0.25, -0.2) is 9.97 Å². The Morgan fingerprint density at radius 2 is 1.83 bits per heavy atom. The van der Waals surface area contributed by atoms with Crippen LogP contribution in [0.2, 0.25) is 0 Å². The van der Waals surface area contributed by atoms with Crippen molar-refractivity contribution in [3.05, 3.63) is 29.3 Å². The molecule has 0 amide bonds. The van der Waals surface area contributed by atoms with Crippen LogP contribution in [0.4, 0.5) is 5.82 Å². The molecule has 0 spiro atoms. The molecule has 2 aromatic heterocycles. The van der Waals surface area contributed by atoms with Crippen LogP contribution in [0.15, 0.2) is 12.4 Å². The molecule has 0 radical (unpaired) electrons. The maximum Gasteiger partial charge on any atom is 0.218 e. The van der Waals surface area contributed by atoms with Crippen LogP contribution in [0.5, 0.6) is 5.88 Å². The van der Waals surface area contributed by atoms with Gasteiger partial charge in [0.1, 0.15) is 12.1 Å². The number of hydrogen-bond acceptors (Lipinski definition) is 6. The van der Waals surface area contributed by atoms with E-state index in [1.807, 2.05) is 6.07 Å². The number of aryl methyl sites for hydroxylation is 2. The molecule has 7 heteroatoms. The molecule has 2 aromatic rings. The zero-order chi connectivity index (χ0) is 19.8. The van der Waals surface area contributed by atoms with Crippen molar-refractivity contribution in [3.63, 3.8) is 0 Å². The van der Waals surface area contributed by atoms with Gasteiger partial charge in [0.2, 0.25) is 5.88 Å². The van der Waals surface area contributed by atoms with Crippen molar-refractivity contribution in [3.8, 4) is 5.88 Å². The molecule has 7 nitrogen and oxygen atoms in total. The van der Waals surface area contributed by atoms with Crippen LogP contribution in [-0.2, 0) is 26.4 Å². The molecule has 2 fully saturated rings. The van der Waals surface area contributed by atoms with Crippen LogP contribution in [0.3, 0.4) is 0 Å². The second kappa shape index (κ2) is 7.94. The summed E-state index contributed by atoms with van der Waals surface area (Å²) < 4.78 is 7.48. The van der Waals surface area contributed by atoms with Gasteiger partial charge in [-0.15, -0.1) is 0 Å². The summed E-state index contributed by atoms with van der Waals surface area (Å²) in [5, 5.41) is 4.80. The summed E-state index contributed by atoms with van der Waals surface area (Å²) in [6.45, 7) is 3.31. The number of hydrogen-bond donors (Lipinski definition) is 0. The Morgan fingerprint density at radius 1 is 1.07 bits per heavy atom. The molecule has 0 N–H and O–H groups in total. The van der Waals surface area contributed by atoms with Crippen molar-refractivity contribution in [2.45, 2.75) is 70.0 Å². The number of likely N-dealkylation sites (tertiary alicyclic amines) is 1. The first kappa shape index (κ1) is 18.9. The predicted molar refractivity (Wildman–Crippen MR) is 112 cm³/mol. The lowest BCUT2D eigenvalue weighted by molar-refractivity contribution is 0.195. The Morgan fingerprint density at radius 3 is 2.59 bits per heavy atom. The molecule has 156 valence electrons. The average molecular weight is 397 g/mol. The second-order valence-electron chi connectivity index (χ2n) is 8.77. The highest BCUT2D eigenvalue weighted by Crippen LogP contribution is 2.36. The molecule has 1 aliphatic heterocycles. The van der Waals surface area contributed by atoms with Crippen LogP contribution in [0, 0.1) is 0 Å². The standard InChI is InChI=1S/C22H32N6O/c1-26-20(18-5-3-4-6-19(18)25-26)14-27-11-9-17(10-12-27)28(16-7-8-16)21-13-22(29-2)24-15-23-21/h13,15-17H,3-12,14H2,1-2H3. The quantitative estimate of drug-likeness (QED) is 0.748. The third-order valence-electron chi connectivity index (χ3n) is 6.81. The van der Waals surface area contributed by atoms with Crippen molar-refractivity contribution < 1.29 is 4.74 Å². The highest BCUT2D eigenvalue weighted by atomic mass is 16.5. The summed E-state index contributed by atoms with van der Waals surface area (Å²) in [6.07, 6.45) is 11.5. The predicted octanol–water partition coefficient (Wildman–Crippen LogP) is 2.73. The van der Waals surface area contributed by atoms with Gasteiger partial charge in [-0.3, -0.25) is 9.58 Å². The Bertz CT molecular complexity index is 853. The number of anilines is 1. The molecule has 1 saturated heterocycles. The third kappa shape index (κ3) is 3.84. The Balaban J connectivity index is 1.26. The van der Waals surface area contributed by atoms with Gasteiger partial charge in [-0.1, -0.05) is 0 Å². The fourth-order valence-electron chi connectivity index (χ4n) is 5.12. The third-order valence-corrected chi connectivity index (χ3v) is 6.81. The first-order valence-corrected chi connectivity index (χ1v) is 11.1. The van der Waals surface area contributed by atoms with Gasteiger partial charge in [-0.05, 0) is 56.9 Å². The zero-order valence-electron chi connectivity index (χ0n) is 17.7. The maximum atomic E-state index is 5.33. The summed E-state index contributed by atoms with van der Waals surface area (Å²) in [7, 11) is 3.79. The molecule has 0 atom stereocenters. The van der Waals surface area contributed by atoms with Gasteiger partial charge >= 0.3 is 0 Å². The van der Waals surface area contributed by atoms with Crippen molar-refractivity contribution >= 4 is 5.82 Å². The molecule has 0 bridgehead atoms. The first-order valence-electron chi connectivity index (χ1n) is 11.1. The minimum Gasteiger partial charge on any atom is -0.481 e. The summed E-state index contributed by atoms with van der Waals surface area (Å²) in [6, 6.07) is 3.18. The van der Waals surface area contributed by atoms with Crippen molar-refractivity contribution in [1.82, 2.24) is 24.6 Å². The van der Waals surface area contributed by atoms with E-state index in [0.717, 1.165) is 31.9 Å². The lowest BCUT2D eigenvalue weighted by atomic mass is 9.95. The number of nitrogens with zero attached hydrogens (tertiary/aromatic N) is 6. The maximum absolute atomic E-state index is 5.33. The van der Waals surface area contributed by atoms with E-state index < -0.39 is 0 Å². The van der Waals surface area contributed by atoms with Crippen LogP contribution in [0.1, 0.15) is 55.5 Å². The number of aromatic nitrogens is 4. The smallest absolute Gasteiger partial charge is 0.218 e. The van der Waals surface area contributed by atoms with Crippen molar-refractivity contribution in [2.24, 2.45) is 7.05 Å². The summed E-state index contributed by atoms with van der Waals surface area (Å²) in [4.78, 5) is 13.9. The largest absolute Gasteiger partial charge is 0.481 e. The lowest BCUT2D eigenvalue weighted by Gasteiger charge is -2.39.